The zero-order chi connectivity index (χ0) is 15.8. The first-order chi connectivity index (χ1) is 9.79. The second-order valence-electron chi connectivity index (χ2n) is 4.98. The van der Waals surface area contributed by atoms with E-state index in [9.17, 15) is 22.9 Å². The molecular formula is C14H14FNO4S. The van der Waals surface area contributed by atoms with Crippen LogP contribution in [0.3, 0.4) is 0 Å². The maximum absolute atomic E-state index is 13.0. The van der Waals surface area contributed by atoms with Gasteiger partial charge in [0.2, 0.25) is 0 Å². The van der Waals surface area contributed by atoms with Crippen molar-refractivity contribution >= 4 is 15.8 Å². The number of nitrogens with zero attached hydrogens (tertiary/aromatic N) is 1. The first-order valence-electron chi connectivity index (χ1n) is 6.31. The summed E-state index contributed by atoms with van der Waals surface area (Å²) in [5.74, 6) is -2.16. The molecule has 0 spiro atoms. The number of benzene rings is 1. The van der Waals surface area contributed by atoms with Crippen molar-refractivity contribution in [2.45, 2.75) is 18.1 Å². The number of rotatable bonds is 4. The maximum atomic E-state index is 13.0. The SMILES string of the molecule is CCOC(=O)[C@@]1(C#N)[C@@H](c2ccc(F)cc2)[C@@H]1S(C)(=O)=O. The third-order valence-electron chi connectivity index (χ3n) is 3.62. The number of carbonyl (C=O) groups excluding carboxylic acids is 1. The zero-order valence-corrected chi connectivity index (χ0v) is 12.4. The smallest absolute Gasteiger partial charge is 0.328 e. The highest BCUT2D eigenvalue weighted by Gasteiger charge is 2.76. The van der Waals surface area contributed by atoms with E-state index in [0.717, 1.165) is 6.26 Å². The molecule has 1 fully saturated rings. The molecule has 0 aromatic heterocycles. The molecule has 1 aliphatic carbocycles. The monoisotopic (exact) mass is 311 g/mol. The Bertz CT molecular complexity index is 707. The van der Waals surface area contributed by atoms with E-state index in [-0.39, 0.29) is 6.61 Å². The van der Waals surface area contributed by atoms with Crippen LogP contribution < -0.4 is 0 Å². The van der Waals surface area contributed by atoms with Crippen molar-refractivity contribution in [2.75, 3.05) is 12.9 Å². The Morgan fingerprint density at radius 2 is 2.00 bits per heavy atom. The maximum Gasteiger partial charge on any atom is 0.328 e. The number of hydrogen-bond acceptors (Lipinski definition) is 5. The normalized spacial score (nSPS) is 27.7. The second kappa shape index (κ2) is 5.11. The van der Waals surface area contributed by atoms with Gasteiger partial charge in [-0.15, -0.1) is 0 Å². The highest BCUT2D eigenvalue weighted by Crippen LogP contribution is 2.63. The van der Waals surface area contributed by atoms with E-state index in [1.54, 1.807) is 6.92 Å². The highest BCUT2D eigenvalue weighted by molar-refractivity contribution is 7.91. The summed E-state index contributed by atoms with van der Waals surface area (Å²) in [5.41, 5.74) is -1.32. The van der Waals surface area contributed by atoms with Gasteiger partial charge in [-0.2, -0.15) is 5.26 Å². The average Bonchev–Trinajstić information content (AvgIpc) is 3.10. The van der Waals surface area contributed by atoms with Crippen molar-refractivity contribution in [1.29, 1.82) is 5.26 Å². The minimum Gasteiger partial charge on any atom is -0.465 e. The molecule has 0 heterocycles. The first kappa shape index (κ1) is 15.4. The lowest BCUT2D eigenvalue weighted by Crippen LogP contribution is -2.24. The van der Waals surface area contributed by atoms with Crippen LogP contribution in [-0.2, 0) is 19.4 Å². The predicted octanol–water partition coefficient (Wildman–Crippen LogP) is 1.41. The van der Waals surface area contributed by atoms with Crippen molar-refractivity contribution in [1.82, 2.24) is 0 Å². The number of carbonyl (C=O) groups is 1. The van der Waals surface area contributed by atoms with E-state index >= 15 is 0 Å². The molecule has 0 N–H and O–H groups in total. The molecule has 1 saturated carbocycles. The molecule has 0 amide bonds. The van der Waals surface area contributed by atoms with Crippen LogP contribution in [0.15, 0.2) is 24.3 Å². The molecule has 0 bridgehead atoms. The van der Waals surface area contributed by atoms with Gasteiger partial charge < -0.3 is 4.74 Å². The molecule has 0 unspecified atom stereocenters. The van der Waals surface area contributed by atoms with Gasteiger partial charge in [-0.3, -0.25) is 4.79 Å². The van der Waals surface area contributed by atoms with E-state index in [0.29, 0.717) is 5.56 Å². The van der Waals surface area contributed by atoms with Crippen LogP contribution in [-0.4, -0.2) is 32.5 Å². The number of esters is 1. The molecule has 0 saturated heterocycles. The molecular weight excluding hydrogens is 297 g/mol. The van der Waals surface area contributed by atoms with Crippen LogP contribution in [0, 0.1) is 22.6 Å². The van der Waals surface area contributed by atoms with Crippen molar-refractivity contribution in [3.05, 3.63) is 35.6 Å². The quantitative estimate of drug-likeness (QED) is 0.785. The Kier molecular flexibility index (Phi) is 3.76. The summed E-state index contributed by atoms with van der Waals surface area (Å²) in [6.45, 7) is 1.63. The van der Waals surface area contributed by atoms with E-state index in [4.69, 9.17) is 4.74 Å². The molecule has 0 aliphatic heterocycles. The van der Waals surface area contributed by atoms with Crippen LogP contribution in [0.4, 0.5) is 4.39 Å². The van der Waals surface area contributed by atoms with Crippen molar-refractivity contribution < 1.29 is 22.3 Å². The Morgan fingerprint density at radius 3 is 2.43 bits per heavy atom. The first-order valence-corrected chi connectivity index (χ1v) is 8.27. The molecule has 21 heavy (non-hydrogen) atoms. The molecule has 0 radical (unpaired) electrons. The highest BCUT2D eigenvalue weighted by atomic mass is 32.2. The van der Waals surface area contributed by atoms with Crippen LogP contribution in [0.5, 0.6) is 0 Å². The van der Waals surface area contributed by atoms with E-state index in [1.807, 2.05) is 6.07 Å². The third kappa shape index (κ3) is 2.40. The molecule has 7 heteroatoms. The van der Waals surface area contributed by atoms with Crippen LogP contribution >= 0.6 is 0 Å². The topological polar surface area (TPSA) is 84.2 Å². The summed E-state index contributed by atoms with van der Waals surface area (Å²) in [6, 6.07) is 6.91. The van der Waals surface area contributed by atoms with Gasteiger partial charge in [0.1, 0.15) is 11.1 Å². The molecule has 2 rings (SSSR count). The number of hydrogen-bond donors (Lipinski definition) is 0. The van der Waals surface area contributed by atoms with Crippen LogP contribution in [0.1, 0.15) is 18.4 Å². The Hall–Kier alpha value is -1.94. The molecule has 3 atom stereocenters. The average molecular weight is 311 g/mol. The molecule has 5 nitrogen and oxygen atoms in total. The number of sulfone groups is 1. The summed E-state index contributed by atoms with van der Waals surface area (Å²) in [4.78, 5) is 12.1. The van der Waals surface area contributed by atoms with Crippen LogP contribution in [0.2, 0.25) is 0 Å². The van der Waals surface area contributed by atoms with Gasteiger partial charge in [-0.05, 0) is 24.6 Å². The van der Waals surface area contributed by atoms with Gasteiger partial charge in [-0.25, -0.2) is 12.8 Å². The predicted molar refractivity (Wildman–Crippen MR) is 72.5 cm³/mol. The van der Waals surface area contributed by atoms with E-state index in [2.05, 4.69) is 0 Å². The number of nitriles is 1. The van der Waals surface area contributed by atoms with Gasteiger partial charge in [0.25, 0.3) is 0 Å². The van der Waals surface area contributed by atoms with Gasteiger partial charge in [0.15, 0.2) is 15.3 Å². The fraction of sp³-hybridized carbons (Fsp3) is 0.429. The minimum atomic E-state index is -3.64. The van der Waals surface area contributed by atoms with Crippen molar-refractivity contribution in [3.63, 3.8) is 0 Å². The lowest BCUT2D eigenvalue weighted by molar-refractivity contribution is -0.147. The van der Waals surface area contributed by atoms with Gasteiger partial charge in [0, 0.05) is 12.2 Å². The molecule has 1 aliphatic rings. The lowest BCUT2D eigenvalue weighted by atomic mass is 10.0. The molecule has 112 valence electrons. The molecule has 1 aromatic carbocycles. The van der Waals surface area contributed by atoms with Gasteiger partial charge >= 0.3 is 5.97 Å². The van der Waals surface area contributed by atoms with E-state index in [1.165, 1.54) is 24.3 Å². The zero-order valence-electron chi connectivity index (χ0n) is 11.5. The summed E-state index contributed by atoms with van der Waals surface area (Å²) in [5, 5.41) is 8.22. The Labute approximate surface area is 122 Å². The summed E-state index contributed by atoms with van der Waals surface area (Å²) >= 11 is 0. The van der Waals surface area contributed by atoms with Gasteiger partial charge in [0.05, 0.1) is 12.7 Å². The van der Waals surface area contributed by atoms with Gasteiger partial charge in [-0.1, -0.05) is 12.1 Å². The summed E-state index contributed by atoms with van der Waals surface area (Å²) in [6.07, 6.45) is 0.979. The summed E-state index contributed by atoms with van der Waals surface area (Å²) in [7, 11) is -3.64. The second-order valence-corrected chi connectivity index (χ2v) is 7.15. The number of ether oxygens (including phenoxy) is 1. The van der Waals surface area contributed by atoms with Crippen molar-refractivity contribution in [2.24, 2.45) is 5.41 Å². The Balaban J connectivity index is 2.50. The van der Waals surface area contributed by atoms with Crippen LogP contribution in [0.25, 0.3) is 0 Å². The fourth-order valence-corrected chi connectivity index (χ4v) is 4.48. The fourth-order valence-electron chi connectivity index (χ4n) is 2.72. The van der Waals surface area contributed by atoms with E-state index < -0.39 is 38.2 Å². The molecule has 1 aromatic rings. The standard InChI is InChI=1S/C14H14FNO4S/c1-3-20-13(17)14(8-16)11(12(14)21(2,18)19)9-4-6-10(15)7-5-9/h4-7,11-12H,3H2,1-2H3/t11-,12-,14-/m0/s1. The largest absolute Gasteiger partial charge is 0.465 e. The summed E-state index contributed by atoms with van der Waals surface area (Å²) < 4.78 is 41.6. The third-order valence-corrected chi connectivity index (χ3v) is 5.19. The lowest BCUT2D eigenvalue weighted by Gasteiger charge is -2.07. The minimum absolute atomic E-state index is 0.0505. The van der Waals surface area contributed by atoms with Crippen molar-refractivity contribution in [3.8, 4) is 6.07 Å². The Morgan fingerprint density at radius 1 is 1.43 bits per heavy atom. The number of halogens is 1.